The Morgan fingerprint density at radius 2 is 2.23 bits per heavy atom. The monoisotopic (exact) mass is 243 g/mol. The summed E-state index contributed by atoms with van der Waals surface area (Å²) in [4.78, 5) is 0. The Balaban J connectivity index is 2.77. The highest BCUT2D eigenvalue weighted by Gasteiger charge is 1.94. The molecule has 0 unspecified atom stereocenters. The molecule has 0 aliphatic rings. The number of benzene rings is 1. The minimum atomic E-state index is -0.224. The van der Waals surface area contributed by atoms with E-state index in [0.29, 0.717) is 0 Å². The number of hydrogen-bond donors (Lipinski definition) is 1. The molecule has 0 saturated carbocycles. The molecule has 0 amide bonds. The van der Waals surface area contributed by atoms with Gasteiger partial charge in [0.2, 0.25) is 0 Å². The molecule has 0 spiro atoms. The first-order chi connectivity index (χ1) is 6.22. The van der Waals surface area contributed by atoms with Crippen molar-refractivity contribution in [2.45, 2.75) is 0 Å². The Morgan fingerprint density at radius 3 is 2.85 bits per heavy atom. The van der Waals surface area contributed by atoms with E-state index in [1.165, 1.54) is 12.1 Å². The molecule has 0 aromatic heterocycles. The van der Waals surface area contributed by atoms with Crippen LogP contribution in [0.25, 0.3) is 6.08 Å². The van der Waals surface area contributed by atoms with Crippen molar-refractivity contribution >= 4 is 22.0 Å². The summed E-state index contributed by atoms with van der Waals surface area (Å²) in [5, 5.41) is 2.97. The van der Waals surface area contributed by atoms with Gasteiger partial charge in [-0.1, -0.05) is 28.1 Å². The topological polar surface area (TPSA) is 12.0 Å². The minimum absolute atomic E-state index is 0.224. The molecule has 3 heteroatoms. The normalized spacial score (nSPS) is 11.0. The third-order valence-electron chi connectivity index (χ3n) is 1.52. The van der Waals surface area contributed by atoms with Gasteiger partial charge in [-0.2, -0.15) is 0 Å². The number of halogens is 2. The molecular formula is C10H11BrFN. The van der Waals surface area contributed by atoms with Crippen LogP contribution in [0.4, 0.5) is 4.39 Å². The molecule has 0 aliphatic carbocycles. The molecule has 0 atom stereocenters. The van der Waals surface area contributed by atoms with E-state index < -0.39 is 0 Å². The van der Waals surface area contributed by atoms with Gasteiger partial charge in [0.05, 0.1) is 0 Å². The standard InChI is InChI=1S/C10H11BrFN/c1-13-4-2-3-8-5-9(11)7-10(12)6-8/h2-3,5-7,13H,4H2,1H3. The number of hydrogen-bond acceptors (Lipinski definition) is 1. The molecule has 0 saturated heterocycles. The van der Waals surface area contributed by atoms with Gasteiger partial charge in [-0.15, -0.1) is 0 Å². The largest absolute Gasteiger partial charge is 0.316 e. The van der Waals surface area contributed by atoms with Crippen molar-refractivity contribution in [3.63, 3.8) is 0 Å². The fraction of sp³-hybridized carbons (Fsp3) is 0.200. The average Bonchev–Trinajstić information content (AvgIpc) is 2.03. The zero-order valence-corrected chi connectivity index (χ0v) is 8.94. The van der Waals surface area contributed by atoms with Crippen molar-refractivity contribution in [2.24, 2.45) is 0 Å². The van der Waals surface area contributed by atoms with Crippen LogP contribution >= 0.6 is 15.9 Å². The van der Waals surface area contributed by atoms with Crippen LogP contribution in [0, 0.1) is 5.82 Å². The van der Waals surface area contributed by atoms with Gasteiger partial charge < -0.3 is 5.32 Å². The summed E-state index contributed by atoms with van der Waals surface area (Å²) in [5.74, 6) is -0.224. The van der Waals surface area contributed by atoms with Gasteiger partial charge in [0.1, 0.15) is 5.82 Å². The molecule has 0 fully saturated rings. The average molecular weight is 244 g/mol. The maximum absolute atomic E-state index is 12.9. The first kappa shape index (κ1) is 10.4. The van der Waals surface area contributed by atoms with Crippen molar-refractivity contribution in [3.8, 4) is 0 Å². The molecule has 1 N–H and O–H groups in total. The second kappa shape index (κ2) is 5.14. The molecule has 1 rings (SSSR count). The van der Waals surface area contributed by atoms with Crippen molar-refractivity contribution in [1.82, 2.24) is 5.32 Å². The van der Waals surface area contributed by atoms with Crippen LogP contribution in [-0.4, -0.2) is 13.6 Å². The SMILES string of the molecule is CNCC=Cc1cc(F)cc(Br)c1. The van der Waals surface area contributed by atoms with E-state index in [1.54, 1.807) is 0 Å². The second-order valence-corrected chi connectivity index (χ2v) is 3.58. The second-order valence-electron chi connectivity index (χ2n) is 2.66. The Kier molecular flexibility index (Phi) is 4.12. The highest BCUT2D eigenvalue weighted by atomic mass is 79.9. The summed E-state index contributed by atoms with van der Waals surface area (Å²) in [6.07, 6.45) is 3.82. The molecular weight excluding hydrogens is 233 g/mol. The molecule has 1 nitrogen and oxygen atoms in total. The van der Waals surface area contributed by atoms with Gasteiger partial charge in [0, 0.05) is 11.0 Å². The first-order valence-electron chi connectivity index (χ1n) is 3.99. The quantitative estimate of drug-likeness (QED) is 0.862. The summed E-state index contributed by atoms with van der Waals surface area (Å²) in [6.45, 7) is 0.786. The van der Waals surface area contributed by atoms with Crippen molar-refractivity contribution in [3.05, 3.63) is 40.1 Å². The van der Waals surface area contributed by atoms with E-state index in [1.807, 2.05) is 25.3 Å². The van der Waals surface area contributed by atoms with E-state index in [2.05, 4.69) is 21.2 Å². The lowest BCUT2D eigenvalue weighted by atomic mass is 10.2. The number of likely N-dealkylation sites (N-methyl/N-ethyl adjacent to an activating group) is 1. The van der Waals surface area contributed by atoms with Crippen LogP contribution in [0.2, 0.25) is 0 Å². The number of rotatable bonds is 3. The Hall–Kier alpha value is -0.670. The highest BCUT2D eigenvalue weighted by Crippen LogP contribution is 2.15. The lowest BCUT2D eigenvalue weighted by Gasteiger charge is -1.96. The van der Waals surface area contributed by atoms with Crippen molar-refractivity contribution in [2.75, 3.05) is 13.6 Å². The predicted octanol–water partition coefficient (Wildman–Crippen LogP) is 2.82. The maximum Gasteiger partial charge on any atom is 0.124 e. The summed E-state index contributed by atoms with van der Waals surface area (Å²) < 4.78 is 13.6. The first-order valence-corrected chi connectivity index (χ1v) is 4.79. The van der Waals surface area contributed by atoms with Crippen LogP contribution in [0.3, 0.4) is 0 Å². The summed E-state index contributed by atoms with van der Waals surface area (Å²) in [5.41, 5.74) is 0.863. The highest BCUT2D eigenvalue weighted by molar-refractivity contribution is 9.10. The molecule has 0 aliphatic heterocycles. The fourth-order valence-corrected chi connectivity index (χ4v) is 1.47. The van der Waals surface area contributed by atoms with Gasteiger partial charge in [-0.05, 0) is 30.8 Å². The van der Waals surface area contributed by atoms with Crippen LogP contribution in [0.15, 0.2) is 28.7 Å². The molecule has 0 heterocycles. The van der Waals surface area contributed by atoms with Gasteiger partial charge in [-0.25, -0.2) is 4.39 Å². The minimum Gasteiger partial charge on any atom is -0.316 e. The van der Waals surface area contributed by atoms with Crippen molar-refractivity contribution in [1.29, 1.82) is 0 Å². The van der Waals surface area contributed by atoms with Crippen LogP contribution in [0.5, 0.6) is 0 Å². The predicted molar refractivity (Wildman–Crippen MR) is 57.1 cm³/mol. The Bertz CT molecular complexity index is 290. The molecule has 0 bridgehead atoms. The smallest absolute Gasteiger partial charge is 0.124 e. The van der Waals surface area contributed by atoms with E-state index in [-0.39, 0.29) is 5.82 Å². The van der Waals surface area contributed by atoms with E-state index in [4.69, 9.17) is 0 Å². The van der Waals surface area contributed by atoms with Crippen LogP contribution in [0.1, 0.15) is 5.56 Å². The van der Waals surface area contributed by atoms with E-state index in [0.717, 1.165) is 16.6 Å². The van der Waals surface area contributed by atoms with Gasteiger partial charge >= 0.3 is 0 Å². The molecule has 13 heavy (non-hydrogen) atoms. The number of nitrogens with one attached hydrogen (secondary N) is 1. The maximum atomic E-state index is 12.9. The summed E-state index contributed by atoms with van der Waals surface area (Å²) in [6, 6.07) is 4.81. The third kappa shape index (κ3) is 3.70. The summed E-state index contributed by atoms with van der Waals surface area (Å²) in [7, 11) is 1.87. The zero-order chi connectivity index (χ0) is 9.68. The Morgan fingerprint density at radius 1 is 1.46 bits per heavy atom. The molecule has 0 radical (unpaired) electrons. The van der Waals surface area contributed by atoms with Crippen molar-refractivity contribution < 1.29 is 4.39 Å². The third-order valence-corrected chi connectivity index (χ3v) is 1.97. The summed E-state index contributed by atoms with van der Waals surface area (Å²) >= 11 is 3.23. The zero-order valence-electron chi connectivity index (χ0n) is 7.35. The molecule has 70 valence electrons. The van der Waals surface area contributed by atoms with Crippen LogP contribution < -0.4 is 5.32 Å². The fourth-order valence-electron chi connectivity index (χ4n) is 0.984. The lowest BCUT2D eigenvalue weighted by molar-refractivity contribution is 0.626. The van der Waals surface area contributed by atoms with E-state index >= 15 is 0 Å². The Labute approximate surface area is 85.8 Å². The molecule has 1 aromatic rings. The lowest BCUT2D eigenvalue weighted by Crippen LogP contribution is -2.03. The van der Waals surface area contributed by atoms with E-state index in [9.17, 15) is 4.39 Å². The van der Waals surface area contributed by atoms with Gasteiger partial charge in [0.25, 0.3) is 0 Å². The molecule has 1 aromatic carbocycles. The van der Waals surface area contributed by atoms with Gasteiger partial charge in [-0.3, -0.25) is 0 Å². The van der Waals surface area contributed by atoms with Gasteiger partial charge in [0.15, 0.2) is 0 Å². The van der Waals surface area contributed by atoms with Crippen LogP contribution in [-0.2, 0) is 0 Å².